The number of aromatic nitrogens is 3. The van der Waals surface area contributed by atoms with Gasteiger partial charge in [-0.15, -0.1) is 0 Å². The first-order valence-electron chi connectivity index (χ1n) is 44.9. The molecular weight excluding hydrogens is 1370 g/mol. The molecule has 0 fully saturated rings. The van der Waals surface area contributed by atoms with E-state index in [1.54, 1.807) is 0 Å². The van der Waals surface area contributed by atoms with Gasteiger partial charge in [0.25, 0.3) is 0 Å². The highest BCUT2D eigenvalue weighted by molar-refractivity contribution is 6.02. The smallest absolute Gasteiger partial charge is 0.121 e. The summed E-state index contributed by atoms with van der Waals surface area (Å²) in [4.78, 5) is 6.84. The monoisotopic (exact) mass is 1490 g/mol. The van der Waals surface area contributed by atoms with Crippen molar-refractivity contribution in [2.75, 3.05) is 9.80 Å². The molecular formula is C108H127N5. The van der Waals surface area contributed by atoms with Crippen LogP contribution < -0.4 is 9.80 Å². The van der Waals surface area contributed by atoms with Crippen molar-refractivity contribution in [2.24, 2.45) is 0 Å². The van der Waals surface area contributed by atoms with E-state index in [-0.39, 0.29) is 10.8 Å². The van der Waals surface area contributed by atoms with Crippen molar-refractivity contribution >= 4 is 45.2 Å². The summed E-state index contributed by atoms with van der Waals surface area (Å²) in [5.41, 5.74) is 30.4. The summed E-state index contributed by atoms with van der Waals surface area (Å²) in [5.74, 6) is 0. The summed E-state index contributed by atoms with van der Waals surface area (Å²) < 4.78 is 0. The molecule has 2 aliphatic rings. The van der Waals surface area contributed by atoms with Gasteiger partial charge in [-0.05, 0) is 207 Å². The lowest BCUT2D eigenvalue weighted by atomic mass is 9.69. The van der Waals surface area contributed by atoms with E-state index in [2.05, 4.69) is 304 Å². The Kier molecular flexibility index (Phi) is 28.3. The van der Waals surface area contributed by atoms with E-state index in [9.17, 15) is 0 Å². The first-order valence-corrected chi connectivity index (χ1v) is 44.9. The zero-order valence-electron chi connectivity index (χ0n) is 69.2. The van der Waals surface area contributed by atoms with Gasteiger partial charge in [0.1, 0.15) is 11.0 Å². The molecule has 1 heterocycles. The second-order valence-electron chi connectivity index (χ2n) is 33.3. The van der Waals surface area contributed by atoms with Crippen LogP contribution in [-0.2, 0) is 17.4 Å². The predicted octanol–water partition coefficient (Wildman–Crippen LogP) is 32.9. The maximum absolute atomic E-state index is 5.71. The molecule has 0 N–H and O–H groups in total. The van der Waals surface area contributed by atoms with Gasteiger partial charge in [-0.1, -0.05) is 379 Å². The largest absolute Gasteiger partial charge is 0.311 e. The zero-order valence-corrected chi connectivity index (χ0v) is 69.2. The molecule has 2 aliphatic carbocycles. The van der Waals surface area contributed by atoms with Crippen LogP contribution in [0.2, 0.25) is 0 Å². The molecule has 584 valence electrons. The number of hydrogen-bond acceptors (Lipinski definition) is 4. The molecule has 14 rings (SSSR count). The van der Waals surface area contributed by atoms with Gasteiger partial charge in [0.2, 0.25) is 0 Å². The Bertz CT molecular complexity index is 4500. The fourth-order valence-electron chi connectivity index (χ4n) is 19.3. The first kappa shape index (κ1) is 80.0. The van der Waals surface area contributed by atoms with Crippen molar-refractivity contribution in [3.8, 4) is 66.8 Å². The highest BCUT2D eigenvalue weighted by Gasteiger charge is 2.45. The molecule has 1 aromatic heterocycles. The van der Waals surface area contributed by atoms with Crippen LogP contribution in [0.25, 0.3) is 77.8 Å². The summed E-state index contributed by atoms with van der Waals surface area (Å²) in [6, 6.07) is 97.3. The molecule has 11 aromatic carbocycles. The van der Waals surface area contributed by atoms with Crippen LogP contribution in [0.4, 0.5) is 34.1 Å². The predicted molar refractivity (Wildman–Crippen MR) is 486 cm³/mol. The Hall–Kier alpha value is -9.58. The van der Waals surface area contributed by atoms with Crippen molar-refractivity contribution in [1.82, 2.24) is 15.0 Å². The molecule has 0 aliphatic heterocycles. The van der Waals surface area contributed by atoms with Crippen LogP contribution in [0.1, 0.15) is 275 Å². The third-order valence-corrected chi connectivity index (χ3v) is 25.4. The molecule has 5 nitrogen and oxygen atoms in total. The standard InChI is InChI=1S/C108H127N5/c1-6-11-16-21-26-43-74-107(75-44-27-22-17-12-7-2)101-79-85(83-56-64-93(65-57-83)112(89-48-35-31-36-49-89)90-50-37-32-38-51-90)60-68-97(101)99-70-62-87(81-103(99)107)95-72-73-96(106-105(95)109-111(110-106)78-47-30-25-20-15-10-5)88-63-71-100-98-69-61-86(84-58-66-94(67-59-84)113(91-52-39-33-40-53-91)92-54-41-34-42-55-92)80-102(98)108(104(100)82-88,76-45-28-23-18-13-8-3)77-46-29-24-19-14-9-4/h31-42,48-73,79-82H,6-30,43-47,74-78H2,1-5H3. The SMILES string of the molecule is CCCCCCCCn1nc2c(-c3ccc4c(c3)C(CCCCCCCC)(CCCCCCCC)c3cc(-c5ccc(N(c6ccccc6)c6ccccc6)cc5)ccc3-4)ccc(-c3ccc4c(c3)C(CCCCCCCC)(CCCCCCCC)c3cc(-c5ccc(N(c6ccccc6)c6ccccc6)cc5)ccc3-4)c2n1. The lowest BCUT2D eigenvalue weighted by molar-refractivity contribution is 0.398. The number of hydrogen-bond donors (Lipinski definition) is 0. The summed E-state index contributed by atoms with van der Waals surface area (Å²) in [6.07, 6.45) is 42.6. The third-order valence-electron chi connectivity index (χ3n) is 25.4. The molecule has 0 spiro atoms. The maximum atomic E-state index is 5.71. The fourth-order valence-corrected chi connectivity index (χ4v) is 19.3. The summed E-state index contributed by atoms with van der Waals surface area (Å²) in [7, 11) is 0. The van der Waals surface area contributed by atoms with Gasteiger partial charge in [-0.2, -0.15) is 15.0 Å². The van der Waals surface area contributed by atoms with Crippen LogP contribution in [0.3, 0.4) is 0 Å². The Labute approximate surface area is 679 Å². The number of benzene rings is 11. The minimum atomic E-state index is -0.143. The van der Waals surface area contributed by atoms with Gasteiger partial charge in [0.05, 0.1) is 6.54 Å². The molecule has 113 heavy (non-hydrogen) atoms. The van der Waals surface area contributed by atoms with Gasteiger partial charge in [-0.25, -0.2) is 0 Å². The molecule has 5 heteroatoms. The minimum absolute atomic E-state index is 0.143. The number of unbranched alkanes of at least 4 members (excludes halogenated alkanes) is 25. The van der Waals surface area contributed by atoms with E-state index < -0.39 is 0 Å². The third kappa shape index (κ3) is 18.6. The minimum Gasteiger partial charge on any atom is -0.311 e. The van der Waals surface area contributed by atoms with Crippen LogP contribution >= 0.6 is 0 Å². The van der Waals surface area contributed by atoms with Gasteiger partial charge >= 0.3 is 0 Å². The number of para-hydroxylation sites is 4. The number of anilines is 6. The van der Waals surface area contributed by atoms with Crippen molar-refractivity contribution in [3.63, 3.8) is 0 Å². The topological polar surface area (TPSA) is 37.2 Å². The van der Waals surface area contributed by atoms with Gasteiger partial charge in [0.15, 0.2) is 0 Å². The van der Waals surface area contributed by atoms with Crippen molar-refractivity contribution in [3.05, 3.63) is 277 Å². The summed E-state index contributed by atoms with van der Waals surface area (Å²) in [6.45, 7) is 12.5. The van der Waals surface area contributed by atoms with Crippen molar-refractivity contribution in [2.45, 2.75) is 270 Å². The van der Waals surface area contributed by atoms with E-state index in [0.29, 0.717) is 0 Å². The lowest BCUT2D eigenvalue weighted by Gasteiger charge is -2.33. The highest BCUT2D eigenvalue weighted by atomic mass is 15.5. The molecule has 0 atom stereocenters. The molecule has 0 saturated heterocycles. The molecule has 0 amide bonds. The van der Waals surface area contributed by atoms with Crippen molar-refractivity contribution < 1.29 is 0 Å². The van der Waals surface area contributed by atoms with Gasteiger partial charge in [-0.3, -0.25) is 0 Å². The average Bonchev–Trinajstić information content (AvgIpc) is 1.56. The summed E-state index contributed by atoms with van der Waals surface area (Å²) in [5, 5.41) is 11.4. The zero-order chi connectivity index (χ0) is 77.4. The van der Waals surface area contributed by atoms with E-state index in [1.165, 1.54) is 275 Å². The van der Waals surface area contributed by atoms with Crippen molar-refractivity contribution in [1.29, 1.82) is 0 Å². The van der Waals surface area contributed by atoms with Crippen LogP contribution in [0.15, 0.2) is 255 Å². The molecule has 0 radical (unpaired) electrons. The first-order chi connectivity index (χ1) is 55.9. The lowest BCUT2D eigenvalue weighted by Crippen LogP contribution is -2.25. The number of nitrogens with zero attached hydrogens (tertiary/aromatic N) is 5. The van der Waals surface area contributed by atoms with Gasteiger partial charge in [0, 0.05) is 56.1 Å². The van der Waals surface area contributed by atoms with Crippen LogP contribution in [-0.4, -0.2) is 15.0 Å². The Balaban J connectivity index is 0.865. The Morgan fingerprint density at radius 3 is 0.743 bits per heavy atom. The average molecular weight is 1500 g/mol. The van der Waals surface area contributed by atoms with Crippen LogP contribution in [0.5, 0.6) is 0 Å². The second kappa shape index (κ2) is 39.9. The number of aryl methyl sites for hydroxylation is 1. The highest BCUT2D eigenvalue weighted by Crippen LogP contribution is 2.59. The quantitative estimate of drug-likeness (QED) is 0.0357. The van der Waals surface area contributed by atoms with Gasteiger partial charge < -0.3 is 9.80 Å². The van der Waals surface area contributed by atoms with E-state index in [0.717, 1.165) is 83.8 Å². The number of fused-ring (bicyclic) bond motifs is 7. The number of rotatable bonds is 45. The molecule has 0 saturated carbocycles. The normalized spacial score (nSPS) is 13.0. The van der Waals surface area contributed by atoms with E-state index in [1.807, 2.05) is 0 Å². The Morgan fingerprint density at radius 2 is 0.451 bits per heavy atom. The van der Waals surface area contributed by atoms with E-state index >= 15 is 0 Å². The van der Waals surface area contributed by atoms with Crippen LogP contribution in [0, 0.1) is 0 Å². The summed E-state index contributed by atoms with van der Waals surface area (Å²) >= 11 is 0. The molecule has 0 unspecified atom stereocenters. The van der Waals surface area contributed by atoms with E-state index in [4.69, 9.17) is 10.2 Å². The molecule has 0 bridgehead atoms. The second-order valence-corrected chi connectivity index (χ2v) is 33.3. The fraction of sp³-hybridized carbons (Fsp3) is 0.389. The maximum Gasteiger partial charge on any atom is 0.121 e. The Morgan fingerprint density at radius 1 is 0.221 bits per heavy atom. The molecule has 12 aromatic rings.